The summed E-state index contributed by atoms with van der Waals surface area (Å²) in [6.45, 7) is 15.3. The normalized spacial score (nSPS) is 11.5. The maximum absolute atomic E-state index is 8.88. The third-order valence-corrected chi connectivity index (χ3v) is 11.7. The van der Waals surface area contributed by atoms with Gasteiger partial charge >= 0.3 is 0 Å². The lowest BCUT2D eigenvalue weighted by Crippen LogP contribution is -2.40. The fourth-order valence-corrected chi connectivity index (χ4v) is 4.66. The van der Waals surface area contributed by atoms with E-state index in [4.69, 9.17) is 27.0 Å². The van der Waals surface area contributed by atoms with E-state index in [0.717, 1.165) is 36.3 Å². The second-order valence-electron chi connectivity index (χ2n) is 10.8. The molecule has 2 aromatic carbocycles. The molecular formula is C30H43ClN4OSi. The van der Waals surface area contributed by atoms with E-state index < -0.39 is 8.32 Å². The first-order chi connectivity index (χ1) is 17.5. The monoisotopic (exact) mass is 538 g/mol. The summed E-state index contributed by atoms with van der Waals surface area (Å²) in [6, 6.07) is 20.4. The van der Waals surface area contributed by atoms with Crippen molar-refractivity contribution in [3.63, 3.8) is 0 Å². The van der Waals surface area contributed by atoms with E-state index >= 15 is 0 Å². The van der Waals surface area contributed by atoms with Crippen LogP contribution in [0.4, 0.5) is 0 Å². The topological polar surface area (TPSA) is 76.9 Å². The standard InChI is InChI=1S/C23H34ClN3OSi.C7H9N/c1-7-8-9-21-26-22(24)20(17-28-29(5,6)23(2,3)4)27(21)16-19-12-10-18(11-13-19)14-15-25;8-6-7-4-2-1-3-5-7/h10-13H,7-9,14,16-17H2,1-6H3;1-5H,6,8H2. The van der Waals surface area contributed by atoms with Gasteiger partial charge in [0.25, 0.3) is 0 Å². The van der Waals surface area contributed by atoms with Crippen molar-refractivity contribution in [2.24, 2.45) is 5.73 Å². The molecule has 0 radical (unpaired) electrons. The van der Waals surface area contributed by atoms with Crippen molar-refractivity contribution in [3.8, 4) is 6.07 Å². The molecule has 0 saturated carbocycles. The quantitative estimate of drug-likeness (QED) is 0.269. The lowest BCUT2D eigenvalue weighted by Gasteiger charge is -2.36. The minimum Gasteiger partial charge on any atom is -0.411 e. The Morgan fingerprint density at radius 3 is 2.16 bits per heavy atom. The van der Waals surface area contributed by atoms with Crippen LogP contribution in [0.1, 0.15) is 68.7 Å². The van der Waals surface area contributed by atoms with Crippen LogP contribution in [0.25, 0.3) is 0 Å². The van der Waals surface area contributed by atoms with Gasteiger partial charge in [0.1, 0.15) is 5.82 Å². The molecule has 0 saturated heterocycles. The summed E-state index contributed by atoms with van der Waals surface area (Å²) in [4.78, 5) is 4.67. The summed E-state index contributed by atoms with van der Waals surface area (Å²) in [5.74, 6) is 1.02. The number of unbranched alkanes of at least 4 members (excludes halogenated alkanes) is 1. The van der Waals surface area contributed by atoms with Gasteiger partial charge in [-0.05, 0) is 41.2 Å². The highest BCUT2D eigenvalue weighted by atomic mass is 35.5. The fraction of sp³-hybridized carbons (Fsp3) is 0.467. The molecule has 37 heavy (non-hydrogen) atoms. The zero-order chi connectivity index (χ0) is 27.5. The van der Waals surface area contributed by atoms with Crippen LogP contribution >= 0.6 is 11.6 Å². The van der Waals surface area contributed by atoms with Gasteiger partial charge < -0.3 is 14.7 Å². The zero-order valence-corrected chi connectivity index (χ0v) is 25.1. The number of hydrogen-bond acceptors (Lipinski definition) is 4. The number of aromatic nitrogens is 2. The third-order valence-electron chi connectivity index (χ3n) is 6.96. The van der Waals surface area contributed by atoms with Gasteiger partial charge in [-0.2, -0.15) is 5.26 Å². The number of rotatable bonds is 10. The van der Waals surface area contributed by atoms with E-state index in [2.05, 4.69) is 68.5 Å². The molecule has 5 nitrogen and oxygen atoms in total. The summed E-state index contributed by atoms with van der Waals surface area (Å²) in [7, 11) is -1.89. The Balaban J connectivity index is 0.000000510. The fourth-order valence-electron chi connectivity index (χ4n) is 3.47. The minimum absolute atomic E-state index is 0.145. The summed E-state index contributed by atoms with van der Waals surface area (Å²) in [5, 5.41) is 9.57. The van der Waals surface area contributed by atoms with Crippen molar-refractivity contribution in [2.75, 3.05) is 0 Å². The van der Waals surface area contributed by atoms with Gasteiger partial charge in [-0.3, -0.25) is 0 Å². The molecule has 0 fully saturated rings. The van der Waals surface area contributed by atoms with Gasteiger partial charge in [-0.15, -0.1) is 0 Å². The molecule has 0 atom stereocenters. The van der Waals surface area contributed by atoms with Crippen LogP contribution in [0, 0.1) is 11.3 Å². The predicted octanol–water partition coefficient (Wildman–Crippen LogP) is 7.66. The summed E-state index contributed by atoms with van der Waals surface area (Å²) in [5.41, 5.74) is 9.71. The predicted molar refractivity (Wildman–Crippen MR) is 157 cm³/mol. The van der Waals surface area contributed by atoms with Crippen LogP contribution in [0.15, 0.2) is 54.6 Å². The zero-order valence-electron chi connectivity index (χ0n) is 23.4. The Morgan fingerprint density at radius 2 is 1.65 bits per heavy atom. The van der Waals surface area contributed by atoms with Crippen LogP contribution in [0.2, 0.25) is 23.3 Å². The first kappa shape index (κ1) is 30.8. The molecular weight excluding hydrogens is 496 g/mol. The molecule has 0 amide bonds. The number of nitrogens with zero attached hydrogens (tertiary/aromatic N) is 3. The van der Waals surface area contributed by atoms with Gasteiger partial charge in [-0.25, -0.2) is 4.98 Å². The molecule has 1 heterocycles. The second kappa shape index (κ2) is 14.5. The molecule has 0 aliphatic rings. The Labute approximate surface area is 229 Å². The SMILES string of the molecule is CCCCc1nc(Cl)c(CO[Si](C)(C)C(C)(C)C)n1Cc1ccc(CC#N)cc1.NCc1ccccc1. The number of nitriles is 1. The number of imidazole rings is 1. The van der Waals surface area contributed by atoms with Crippen LogP contribution in [-0.4, -0.2) is 17.9 Å². The van der Waals surface area contributed by atoms with Crippen LogP contribution in [0.3, 0.4) is 0 Å². The average Bonchev–Trinajstić information content (AvgIpc) is 3.16. The number of hydrogen-bond donors (Lipinski definition) is 1. The molecule has 0 aliphatic carbocycles. The Morgan fingerprint density at radius 1 is 1.03 bits per heavy atom. The molecule has 200 valence electrons. The van der Waals surface area contributed by atoms with E-state index in [1.807, 2.05) is 42.5 Å². The number of nitrogens with two attached hydrogens (primary N) is 1. The van der Waals surface area contributed by atoms with Gasteiger partial charge in [0, 0.05) is 19.5 Å². The molecule has 0 spiro atoms. The lowest BCUT2D eigenvalue weighted by molar-refractivity contribution is 0.267. The first-order valence-corrected chi connectivity index (χ1v) is 16.4. The third kappa shape index (κ3) is 9.43. The number of halogens is 1. The van der Waals surface area contributed by atoms with E-state index in [1.165, 1.54) is 11.1 Å². The van der Waals surface area contributed by atoms with Gasteiger partial charge in [0.15, 0.2) is 13.5 Å². The number of aryl methyl sites for hydroxylation is 1. The molecule has 3 rings (SSSR count). The largest absolute Gasteiger partial charge is 0.411 e. The van der Waals surface area contributed by atoms with E-state index in [0.29, 0.717) is 31.3 Å². The maximum Gasteiger partial charge on any atom is 0.192 e. The summed E-state index contributed by atoms with van der Waals surface area (Å²) < 4.78 is 8.69. The van der Waals surface area contributed by atoms with E-state index in [-0.39, 0.29) is 5.04 Å². The van der Waals surface area contributed by atoms with Crippen molar-refractivity contribution in [1.82, 2.24) is 9.55 Å². The molecule has 3 aromatic rings. The van der Waals surface area contributed by atoms with Gasteiger partial charge in [0.05, 0.1) is 24.8 Å². The van der Waals surface area contributed by atoms with E-state index in [9.17, 15) is 0 Å². The van der Waals surface area contributed by atoms with Crippen molar-refractivity contribution in [1.29, 1.82) is 5.26 Å². The summed E-state index contributed by atoms with van der Waals surface area (Å²) in [6.07, 6.45) is 3.54. The highest BCUT2D eigenvalue weighted by molar-refractivity contribution is 6.74. The molecule has 0 bridgehead atoms. The van der Waals surface area contributed by atoms with Crippen LogP contribution < -0.4 is 5.73 Å². The van der Waals surface area contributed by atoms with Crippen LogP contribution in [-0.2, 0) is 37.0 Å². The molecule has 2 N–H and O–H groups in total. The highest BCUT2D eigenvalue weighted by Crippen LogP contribution is 2.37. The minimum atomic E-state index is -1.89. The lowest BCUT2D eigenvalue weighted by atomic mass is 10.1. The molecule has 1 aromatic heterocycles. The van der Waals surface area contributed by atoms with Crippen LogP contribution in [0.5, 0.6) is 0 Å². The Hall–Kier alpha value is -2.43. The van der Waals surface area contributed by atoms with Gasteiger partial charge in [0.2, 0.25) is 0 Å². The van der Waals surface area contributed by atoms with E-state index in [1.54, 1.807) is 0 Å². The van der Waals surface area contributed by atoms with Crippen molar-refractivity contribution >= 4 is 19.9 Å². The Bertz CT molecular complexity index is 1130. The Kier molecular flexibility index (Phi) is 12.1. The van der Waals surface area contributed by atoms with Crippen molar-refractivity contribution in [2.45, 2.75) is 91.2 Å². The maximum atomic E-state index is 8.88. The highest BCUT2D eigenvalue weighted by Gasteiger charge is 2.37. The molecule has 0 aliphatic heterocycles. The first-order valence-electron chi connectivity index (χ1n) is 13.1. The molecule has 7 heteroatoms. The van der Waals surface area contributed by atoms with Gasteiger partial charge in [-0.1, -0.05) is 100 Å². The van der Waals surface area contributed by atoms with Crippen molar-refractivity contribution < 1.29 is 4.43 Å². The average molecular weight is 539 g/mol. The smallest absolute Gasteiger partial charge is 0.192 e. The van der Waals surface area contributed by atoms with Crippen molar-refractivity contribution in [3.05, 3.63) is 88.0 Å². The summed E-state index contributed by atoms with van der Waals surface area (Å²) >= 11 is 6.57. The number of benzene rings is 2. The second-order valence-corrected chi connectivity index (χ2v) is 16.0. The molecule has 0 unspecified atom stereocenters.